The highest BCUT2D eigenvalue weighted by Gasteiger charge is 2.43. The average Bonchev–Trinajstić information content (AvgIpc) is 2.54. The van der Waals surface area contributed by atoms with Crippen LogP contribution in [0.2, 0.25) is 0 Å². The van der Waals surface area contributed by atoms with Gasteiger partial charge in [-0.25, -0.2) is 4.79 Å². The first-order valence-electron chi connectivity index (χ1n) is 8.86. The van der Waals surface area contributed by atoms with Crippen molar-refractivity contribution in [3.8, 4) is 0 Å². The standard InChI is InChI=1S/C21H27NO2/c1-4-24-20(23)18-12-16(2)13-21(3)15-22(11-10-19(18)21)14-17-8-6-5-7-9-17/h5-9,12-13,19H,4,10-11,14-15H2,1-3H3/t19-,21-/m0/s1. The zero-order valence-electron chi connectivity index (χ0n) is 14.9. The van der Waals surface area contributed by atoms with Gasteiger partial charge in [-0.3, -0.25) is 4.90 Å². The summed E-state index contributed by atoms with van der Waals surface area (Å²) in [6.45, 7) is 9.61. The fourth-order valence-corrected chi connectivity index (χ4v) is 4.27. The van der Waals surface area contributed by atoms with Crippen molar-refractivity contribution >= 4 is 5.97 Å². The highest BCUT2D eigenvalue weighted by atomic mass is 16.5. The molecule has 128 valence electrons. The van der Waals surface area contributed by atoms with Gasteiger partial charge in [0.25, 0.3) is 0 Å². The molecule has 2 aliphatic rings. The molecule has 0 N–H and O–H groups in total. The lowest BCUT2D eigenvalue weighted by Crippen LogP contribution is -2.48. The van der Waals surface area contributed by atoms with Crippen molar-refractivity contribution in [2.75, 3.05) is 19.7 Å². The van der Waals surface area contributed by atoms with Crippen molar-refractivity contribution < 1.29 is 9.53 Å². The normalized spacial score (nSPS) is 27.0. The predicted octanol–water partition coefficient (Wildman–Crippen LogP) is 3.96. The number of ether oxygens (including phenoxy) is 1. The van der Waals surface area contributed by atoms with Crippen molar-refractivity contribution in [3.63, 3.8) is 0 Å². The Kier molecular flexibility index (Phi) is 4.91. The van der Waals surface area contributed by atoms with Gasteiger partial charge in [0.1, 0.15) is 0 Å². The summed E-state index contributed by atoms with van der Waals surface area (Å²) in [6.07, 6.45) is 5.37. The van der Waals surface area contributed by atoms with E-state index in [0.717, 1.165) is 31.6 Å². The third-order valence-corrected chi connectivity index (χ3v) is 5.17. The number of nitrogens with zero attached hydrogens (tertiary/aromatic N) is 1. The summed E-state index contributed by atoms with van der Waals surface area (Å²) in [5.74, 6) is 0.116. The van der Waals surface area contributed by atoms with Crippen molar-refractivity contribution in [3.05, 3.63) is 59.2 Å². The topological polar surface area (TPSA) is 29.5 Å². The van der Waals surface area contributed by atoms with E-state index in [4.69, 9.17) is 4.74 Å². The van der Waals surface area contributed by atoms with Crippen LogP contribution in [-0.2, 0) is 16.1 Å². The van der Waals surface area contributed by atoms with Crippen LogP contribution in [0.5, 0.6) is 0 Å². The van der Waals surface area contributed by atoms with E-state index in [1.54, 1.807) is 0 Å². The predicted molar refractivity (Wildman–Crippen MR) is 96.4 cm³/mol. The molecule has 3 heteroatoms. The highest BCUT2D eigenvalue weighted by molar-refractivity contribution is 5.90. The molecule has 0 unspecified atom stereocenters. The molecule has 0 saturated carbocycles. The van der Waals surface area contributed by atoms with Crippen LogP contribution < -0.4 is 0 Å². The van der Waals surface area contributed by atoms with E-state index in [0.29, 0.717) is 6.61 Å². The van der Waals surface area contributed by atoms with E-state index in [2.05, 4.69) is 55.2 Å². The average molecular weight is 325 g/mol. The van der Waals surface area contributed by atoms with Gasteiger partial charge in [0.15, 0.2) is 0 Å². The molecular weight excluding hydrogens is 298 g/mol. The lowest BCUT2D eigenvalue weighted by molar-refractivity contribution is -0.140. The second-order valence-corrected chi connectivity index (χ2v) is 7.25. The van der Waals surface area contributed by atoms with Gasteiger partial charge in [-0.05, 0) is 38.5 Å². The van der Waals surface area contributed by atoms with E-state index >= 15 is 0 Å². The van der Waals surface area contributed by atoms with E-state index in [-0.39, 0.29) is 17.3 Å². The molecule has 2 atom stereocenters. The lowest BCUT2D eigenvalue weighted by Gasteiger charge is -2.47. The van der Waals surface area contributed by atoms with Gasteiger partial charge < -0.3 is 4.74 Å². The van der Waals surface area contributed by atoms with Gasteiger partial charge in [0.2, 0.25) is 0 Å². The molecule has 0 radical (unpaired) electrons. The lowest BCUT2D eigenvalue weighted by atomic mass is 9.65. The quantitative estimate of drug-likeness (QED) is 0.785. The van der Waals surface area contributed by atoms with Crippen LogP contribution in [0.25, 0.3) is 0 Å². The first kappa shape index (κ1) is 17.0. The highest BCUT2D eigenvalue weighted by Crippen LogP contribution is 2.45. The number of likely N-dealkylation sites (tertiary alicyclic amines) is 1. The number of piperidine rings is 1. The minimum atomic E-state index is -0.141. The largest absolute Gasteiger partial charge is 0.463 e. The molecule has 3 rings (SSSR count). The van der Waals surface area contributed by atoms with Crippen LogP contribution in [0.3, 0.4) is 0 Å². The summed E-state index contributed by atoms with van der Waals surface area (Å²) in [6, 6.07) is 10.6. The molecule has 24 heavy (non-hydrogen) atoms. The molecule has 1 heterocycles. The van der Waals surface area contributed by atoms with Crippen molar-refractivity contribution in [2.45, 2.75) is 33.7 Å². The molecule has 0 amide bonds. The Morgan fingerprint density at radius 2 is 2.08 bits per heavy atom. The zero-order chi connectivity index (χ0) is 17.2. The smallest absolute Gasteiger partial charge is 0.334 e. The summed E-state index contributed by atoms with van der Waals surface area (Å²) >= 11 is 0. The van der Waals surface area contributed by atoms with Crippen molar-refractivity contribution in [2.24, 2.45) is 11.3 Å². The van der Waals surface area contributed by atoms with E-state index in [9.17, 15) is 4.79 Å². The Hall–Kier alpha value is -1.87. The number of rotatable bonds is 4. The number of fused-ring (bicyclic) bond motifs is 1. The van der Waals surface area contributed by atoms with Crippen LogP contribution in [0.1, 0.15) is 32.8 Å². The fourth-order valence-electron chi connectivity index (χ4n) is 4.27. The molecule has 1 saturated heterocycles. The van der Waals surface area contributed by atoms with Crippen LogP contribution in [0, 0.1) is 11.3 Å². The van der Waals surface area contributed by atoms with Gasteiger partial charge in [0, 0.05) is 30.0 Å². The van der Waals surface area contributed by atoms with Crippen molar-refractivity contribution in [1.82, 2.24) is 4.90 Å². The molecule has 1 aromatic carbocycles. The molecule has 0 aromatic heterocycles. The summed E-state index contributed by atoms with van der Waals surface area (Å²) in [5.41, 5.74) is 3.36. The summed E-state index contributed by atoms with van der Waals surface area (Å²) in [5, 5.41) is 0. The molecule has 1 fully saturated rings. The molecule has 1 aliphatic heterocycles. The summed E-state index contributed by atoms with van der Waals surface area (Å²) in [7, 11) is 0. The number of hydrogen-bond acceptors (Lipinski definition) is 3. The third-order valence-electron chi connectivity index (χ3n) is 5.17. The maximum Gasteiger partial charge on any atom is 0.334 e. The number of carbonyl (C=O) groups excluding carboxylic acids is 1. The van der Waals surface area contributed by atoms with Gasteiger partial charge in [-0.1, -0.05) is 48.9 Å². The number of carbonyl (C=O) groups is 1. The van der Waals surface area contributed by atoms with E-state index in [1.807, 2.05) is 13.0 Å². The Bertz CT molecular complexity index is 662. The Labute approximate surface area is 145 Å². The molecule has 1 aromatic rings. The maximum atomic E-state index is 12.4. The van der Waals surface area contributed by atoms with Crippen LogP contribution in [-0.4, -0.2) is 30.6 Å². The molecule has 1 aliphatic carbocycles. The first-order valence-corrected chi connectivity index (χ1v) is 8.86. The molecular formula is C21H27NO2. The van der Waals surface area contributed by atoms with Crippen LogP contribution in [0.15, 0.2) is 53.6 Å². The molecule has 0 spiro atoms. The number of hydrogen-bond donors (Lipinski definition) is 0. The van der Waals surface area contributed by atoms with Gasteiger partial charge in [0.05, 0.1) is 6.61 Å². The van der Waals surface area contributed by atoms with E-state index < -0.39 is 0 Å². The van der Waals surface area contributed by atoms with E-state index in [1.165, 1.54) is 11.1 Å². The number of benzene rings is 1. The maximum absolute atomic E-state index is 12.4. The third kappa shape index (κ3) is 3.46. The number of esters is 1. The summed E-state index contributed by atoms with van der Waals surface area (Å²) in [4.78, 5) is 14.9. The minimum Gasteiger partial charge on any atom is -0.463 e. The monoisotopic (exact) mass is 325 g/mol. The Morgan fingerprint density at radius 1 is 1.33 bits per heavy atom. The van der Waals surface area contributed by atoms with Gasteiger partial charge in [-0.2, -0.15) is 0 Å². The first-order chi connectivity index (χ1) is 11.5. The zero-order valence-corrected chi connectivity index (χ0v) is 14.9. The fraction of sp³-hybridized carbons (Fsp3) is 0.476. The van der Waals surface area contributed by atoms with Crippen molar-refractivity contribution in [1.29, 1.82) is 0 Å². The van der Waals surface area contributed by atoms with Crippen LogP contribution in [0.4, 0.5) is 0 Å². The second kappa shape index (κ2) is 6.94. The molecule has 0 bridgehead atoms. The number of allylic oxidation sites excluding steroid dienone is 2. The SMILES string of the molecule is CCOC(=O)C1=CC(C)=C[C@@]2(C)CN(Cc3ccccc3)CC[C@@H]12. The molecule has 3 nitrogen and oxygen atoms in total. The van der Waals surface area contributed by atoms with Crippen LogP contribution >= 0.6 is 0 Å². The van der Waals surface area contributed by atoms with Gasteiger partial charge in [-0.15, -0.1) is 0 Å². The van der Waals surface area contributed by atoms with Gasteiger partial charge >= 0.3 is 5.97 Å². The minimum absolute atomic E-state index is 0.00599. The Balaban J connectivity index is 1.78. The second-order valence-electron chi connectivity index (χ2n) is 7.25. The summed E-state index contributed by atoms with van der Waals surface area (Å²) < 4.78 is 5.30. The Morgan fingerprint density at radius 3 is 2.79 bits per heavy atom.